The Hall–Kier alpha value is -3.35. The van der Waals surface area contributed by atoms with Crippen LogP contribution in [-0.4, -0.2) is 25.7 Å². The summed E-state index contributed by atoms with van der Waals surface area (Å²) in [7, 11) is 0. The van der Waals surface area contributed by atoms with Gasteiger partial charge in [-0.1, -0.05) is 18.2 Å². The molecule has 0 aliphatic rings. The van der Waals surface area contributed by atoms with E-state index in [-0.39, 0.29) is 17.7 Å². The Kier molecular flexibility index (Phi) is 4.94. The first-order valence-corrected chi connectivity index (χ1v) is 7.64. The van der Waals surface area contributed by atoms with Crippen molar-refractivity contribution < 1.29 is 9.18 Å². The van der Waals surface area contributed by atoms with Gasteiger partial charge in [0.05, 0.1) is 6.54 Å². The van der Waals surface area contributed by atoms with E-state index in [9.17, 15) is 9.18 Å². The van der Waals surface area contributed by atoms with Crippen molar-refractivity contribution in [3.8, 4) is 0 Å². The summed E-state index contributed by atoms with van der Waals surface area (Å²) in [5.74, 6) is -0.514. The Labute approximate surface area is 144 Å². The number of pyridine rings is 1. The predicted octanol–water partition coefficient (Wildman–Crippen LogP) is 2.90. The van der Waals surface area contributed by atoms with E-state index in [2.05, 4.69) is 20.4 Å². The van der Waals surface area contributed by atoms with Crippen molar-refractivity contribution in [2.75, 3.05) is 5.32 Å². The number of hydrogen-bond donors (Lipinski definition) is 1. The van der Waals surface area contributed by atoms with Crippen LogP contribution in [0.15, 0.2) is 61.2 Å². The molecule has 6 nitrogen and oxygen atoms in total. The third-order valence-electron chi connectivity index (χ3n) is 3.47. The van der Waals surface area contributed by atoms with Gasteiger partial charge in [0.2, 0.25) is 5.95 Å². The molecule has 2 heterocycles. The fourth-order valence-corrected chi connectivity index (χ4v) is 2.27. The molecule has 0 unspecified atom stereocenters. The molecule has 0 saturated carbocycles. The molecular weight excluding hydrogens is 321 g/mol. The van der Waals surface area contributed by atoms with Gasteiger partial charge in [-0.2, -0.15) is 0 Å². The van der Waals surface area contributed by atoms with Crippen LogP contribution in [0.5, 0.6) is 0 Å². The molecule has 0 atom stereocenters. The number of carbonyl (C=O) groups is 1. The van der Waals surface area contributed by atoms with Crippen molar-refractivity contribution in [2.24, 2.45) is 0 Å². The number of halogens is 1. The number of nitrogens with one attached hydrogen (secondary N) is 1. The zero-order chi connectivity index (χ0) is 17.6. The Morgan fingerprint density at radius 2 is 2.20 bits per heavy atom. The van der Waals surface area contributed by atoms with E-state index in [4.69, 9.17) is 0 Å². The summed E-state index contributed by atoms with van der Waals surface area (Å²) < 4.78 is 14.8. The molecule has 0 spiro atoms. The molecule has 3 aromatic rings. The highest BCUT2D eigenvalue weighted by atomic mass is 19.1. The minimum atomic E-state index is -0.374. The first kappa shape index (κ1) is 16.5. The summed E-state index contributed by atoms with van der Waals surface area (Å²) in [5, 5.41) is 6.79. The summed E-state index contributed by atoms with van der Waals surface area (Å²) >= 11 is 0. The average Bonchev–Trinajstić information content (AvgIpc) is 3.02. The van der Waals surface area contributed by atoms with Crippen molar-refractivity contribution in [3.63, 3.8) is 0 Å². The maximum atomic E-state index is 13.2. The molecule has 0 radical (unpaired) electrons. The molecule has 0 saturated heterocycles. The zero-order valence-electron chi connectivity index (χ0n) is 13.6. The zero-order valence-corrected chi connectivity index (χ0v) is 13.6. The number of benzene rings is 1. The molecule has 0 bridgehead atoms. The van der Waals surface area contributed by atoms with E-state index in [0.717, 1.165) is 5.56 Å². The molecule has 1 aromatic carbocycles. The monoisotopic (exact) mass is 337 g/mol. The molecule has 3 rings (SSSR count). The second-order valence-electron chi connectivity index (χ2n) is 5.45. The van der Waals surface area contributed by atoms with Crippen LogP contribution in [0, 0.1) is 5.82 Å². The molecule has 0 aliphatic heterocycles. The van der Waals surface area contributed by atoms with E-state index in [0.29, 0.717) is 17.7 Å². The second-order valence-corrected chi connectivity index (χ2v) is 5.45. The van der Waals surface area contributed by atoms with E-state index in [1.807, 2.05) is 12.1 Å². The minimum absolute atomic E-state index is 0.206. The number of anilines is 1. The third kappa shape index (κ3) is 4.57. The summed E-state index contributed by atoms with van der Waals surface area (Å²) in [5.41, 5.74) is 2.27. The second kappa shape index (κ2) is 7.48. The van der Waals surface area contributed by atoms with Crippen molar-refractivity contribution in [2.45, 2.75) is 13.5 Å². The maximum Gasteiger partial charge on any atom is 0.251 e. The van der Waals surface area contributed by atoms with Gasteiger partial charge in [-0.3, -0.25) is 15.1 Å². The molecule has 2 aromatic heterocycles. The Bertz CT molecular complexity index is 905. The highest BCUT2D eigenvalue weighted by Gasteiger charge is 2.06. The lowest BCUT2D eigenvalue weighted by Crippen LogP contribution is -2.10. The molecule has 1 N–H and O–H groups in total. The average molecular weight is 337 g/mol. The number of allylic oxidation sites excluding steroid dienone is 1. The van der Waals surface area contributed by atoms with Crippen molar-refractivity contribution >= 4 is 17.4 Å². The summed E-state index contributed by atoms with van der Waals surface area (Å²) in [6.45, 7) is 2.25. The van der Waals surface area contributed by atoms with E-state index in [1.165, 1.54) is 24.5 Å². The Morgan fingerprint density at radius 3 is 2.96 bits per heavy atom. The number of amides is 1. The lowest BCUT2D eigenvalue weighted by Gasteiger charge is -2.02. The third-order valence-corrected chi connectivity index (χ3v) is 3.47. The number of hydrogen-bond acceptors (Lipinski definition) is 4. The van der Waals surface area contributed by atoms with Gasteiger partial charge in [0, 0.05) is 18.5 Å². The van der Waals surface area contributed by atoms with Gasteiger partial charge in [-0.25, -0.2) is 14.1 Å². The van der Waals surface area contributed by atoms with Crippen LogP contribution in [0.2, 0.25) is 0 Å². The lowest BCUT2D eigenvalue weighted by molar-refractivity contribution is -0.111. The molecule has 0 fully saturated rings. The fourth-order valence-electron chi connectivity index (χ4n) is 2.27. The number of carbonyl (C=O) groups excluding carboxylic acids is 1. The quantitative estimate of drug-likeness (QED) is 0.727. The fraction of sp³-hybridized carbons (Fsp3) is 0.111. The first-order chi connectivity index (χ1) is 12.1. The largest absolute Gasteiger partial charge is 0.290 e. The van der Waals surface area contributed by atoms with Gasteiger partial charge in [0.1, 0.15) is 12.1 Å². The topological polar surface area (TPSA) is 72.7 Å². The first-order valence-electron chi connectivity index (χ1n) is 7.64. The Morgan fingerprint density at radius 1 is 1.32 bits per heavy atom. The van der Waals surface area contributed by atoms with Crippen LogP contribution < -0.4 is 5.32 Å². The van der Waals surface area contributed by atoms with Crippen molar-refractivity contribution in [1.29, 1.82) is 0 Å². The van der Waals surface area contributed by atoms with Crippen LogP contribution in [0.25, 0.3) is 5.57 Å². The van der Waals surface area contributed by atoms with Gasteiger partial charge in [-0.05, 0) is 41.8 Å². The SMILES string of the molecule is C/C(=C/C(=O)Nc1ncn(Cc2cccnc2)n1)c1cccc(F)c1. The van der Waals surface area contributed by atoms with E-state index < -0.39 is 0 Å². The van der Waals surface area contributed by atoms with Crippen LogP contribution in [0.1, 0.15) is 18.1 Å². The number of nitrogens with zero attached hydrogens (tertiary/aromatic N) is 4. The predicted molar refractivity (Wildman–Crippen MR) is 92.0 cm³/mol. The van der Waals surface area contributed by atoms with Gasteiger partial charge in [0.15, 0.2) is 0 Å². The van der Waals surface area contributed by atoms with Gasteiger partial charge < -0.3 is 0 Å². The summed E-state index contributed by atoms with van der Waals surface area (Å²) in [6.07, 6.45) is 6.36. The number of rotatable bonds is 5. The Balaban J connectivity index is 1.64. The highest BCUT2D eigenvalue weighted by Crippen LogP contribution is 2.14. The molecule has 0 aliphatic carbocycles. The normalized spacial score (nSPS) is 11.4. The lowest BCUT2D eigenvalue weighted by atomic mass is 10.1. The molecule has 7 heteroatoms. The minimum Gasteiger partial charge on any atom is -0.290 e. The smallest absolute Gasteiger partial charge is 0.251 e. The van der Waals surface area contributed by atoms with Crippen LogP contribution in [-0.2, 0) is 11.3 Å². The van der Waals surface area contributed by atoms with Crippen molar-refractivity contribution in [1.82, 2.24) is 19.7 Å². The van der Waals surface area contributed by atoms with Gasteiger partial charge in [-0.15, -0.1) is 5.10 Å². The van der Waals surface area contributed by atoms with E-state index in [1.54, 1.807) is 36.1 Å². The van der Waals surface area contributed by atoms with E-state index >= 15 is 0 Å². The number of aromatic nitrogens is 4. The molecule has 1 amide bonds. The standard InChI is InChI=1S/C18H16FN5O/c1-13(15-5-2-6-16(19)9-15)8-17(25)22-18-21-12-24(23-18)11-14-4-3-7-20-10-14/h2-10,12H,11H2,1H3,(H,22,23,25)/b13-8-. The van der Waals surface area contributed by atoms with Crippen LogP contribution >= 0.6 is 0 Å². The summed E-state index contributed by atoms with van der Waals surface area (Å²) in [6, 6.07) is 9.84. The summed E-state index contributed by atoms with van der Waals surface area (Å²) in [4.78, 5) is 20.2. The molecule has 126 valence electrons. The van der Waals surface area contributed by atoms with Crippen molar-refractivity contribution in [3.05, 3.63) is 78.1 Å². The molecular formula is C18H16FN5O. The molecule has 25 heavy (non-hydrogen) atoms. The van der Waals surface area contributed by atoms with Gasteiger partial charge >= 0.3 is 0 Å². The van der Waals surface area contributed by atoms with Crippen LogP contribution in [0.3, 0.4) is 0 Å². The highest BCUT2D eigenvalue weighted by molar-refractivity contribution is 6.02. The van der Waals surface area contributed by atoms with Crippen LogP contribution in [0.4, 0.5) is 10.3 Å². The van der Waals surface area contributed by atoms with Gasteiger partial charge in [0.25, 0.3) is 5.91 Å². The maximum absolute atomic E-state index is 13.2.